The fourth-order valence-electron chi connectivity index (χ4n) is 4.52. The number of nitriles is 1. The first kappa shape index (κ1) is 24.7. The largest absolute Gasteiger partial charge is 0.480 e. The van der Waals surface area contributed by atoms with E-state index in [0.29, 0.717) is 17.7 Å². The molecule has 0 bridgehead atoms. The molecule has 0 aliphatic heterocycles. The number of fused-ring (bicyclic) bond motifs is 1. The highest BCUT2D eigenvalue weighted by Crippen LogP contribution is 2.29. The van der Waals surface area contributed by atoms with Crippen molar-refractivity contribution in [1.29, 1.82) is 5.26 Å². The average molecular weight is 504 g/mol. The van der Waals surface area contributed by atoms with Gasteiger partial charge in [-0.3, -0.25) is 14.3 Å². The number of carboxylic acids is 1. The highest BCUT2D eigenvalue weighted by Gasteiger charge is 2.24. The molecule has 2 heterocycles. The molecule has 8 nitrogen and oxygen atoms in total. The summed E-state index contributed by atoms with van der Waals surface area (Å²) >= 11 is 0. The number of carboxylic acid groups (broad SMARTS) is 1. The van der Waals surface area contributed by atoms with E-state index >= 15 is 0 Å². The number of nitrogens with zero attached hydrogens (tertiary/aromatic N) is 3. The van der Waals surface area contributed by atoms with Gasteiger partial charge in [-0.15, -0.1) is 0 Å². The van der Waals surface area contributed by atoms with Gasteiger partial charge in [-0.2, -0.15) is 10.4 Å². The van der Waals surface area contributed by atoms with Crippen molar-refractivity contribution < 1.29 is 14.7 Å². The maximum absolute atomic E-state index is 13.8. The van der Waals surface area contributed by atoms with Gasteiger partial charge in [-0.1, -0.05) is 54.6 Å². The average Bonchev–Trinajstić information content (AvgIpc) is 3.58. The molecule has 0 aliphatic carbocycles. The Morgan fingerprint density at radius 2 is 1.84 bits per heavy atom. The summed E-state index contributed by atoms with van der Waals surface area (Å²) in [6, 6.07) is 24.5. The highest BCUT2D eigenvalue weighted by molar-refractivity contribution is 6.11. The molecule has 0 amide bonds. The summed E-state index contributed by atoms with van der Waals surface area (Å²) in [5, 5.41) is 26.4. The maximum atomic E-state index is 13.8. The SMILES string of the molecule is N#Cc1ccc(CCNC(C(=O)c2c[nH]c3cc(-c4cnn(CC(=O)O)c4)ccc23)c2ccccc2)cc1. The van der Waals surface area contributed by atoms with Crippen molar-refractivity contribution in [2.45, 2.75) is 19.0 Å². The van der Waals surface area contributed by atoms with Crippen molar-refractivity contribution in [1.82, 2.24) is 20.1 Å². The zero-order chi connectivity index (χ0) is 26.5. The fourth-order valence-corrected chi connectivity index (χ4v) is 4.52. The molecule has 1 atom stereocenters. The maximum Gasteiger partial charge on any atom is 0.325 e. The third kappa shape index (κ3) is 5.38. The lowest BCUT2D eigenvalue weighted by atomic mass is 9.96. The van der Waals surface area contributed by atoms with Crippen molar-refractivity contribution in [3.63, 3.8) is 0 Å². The number of aliphatic carboxylic acids is 1. The van der Waals surface area contributed by atoms with Crippen LogP contribution in [0.1, 0.15) is 33.1 Å². The number of ketones is 1. The summed E-state index contributed by atoms with van der Waals surface area (Å²) in [5.41, 5.74) is 5.65. The number of carbonyl (C=O) groups is 2. The van der Waals surface area contributed by atoms with Crippen molar-refractivity contribution in [2.24, 2.45) is 0 Å². The molecule has 0 fully saturated rings. The van der Waals surface area contributed by atoms with E-state index in [2.05, 4.69) is 21.5 Å². The summed E-state index contributed by atoms with van der Waals surface area (Å²) in [7, 11) is 0. The standard InChI is InChI=1S/C30H25N5O3/c31-15-21-8-6-20(7-9-21)12-13-32-29(22-4-2-1-3-5-22)30(38)26-17-33-27-14-23(10-11-25(26)27)24-16-34-35(18-24)19-28(36)37/h1-11,14,16-18,29,32-33H,12-13,19H2,(H,36,37). The van der Waals surface area contributed by atoms with Crippen LogP contribution >= 0.6 is 0 Å². The summed E-state index contributed by atoms with van der Waals surface area (Å²) in [5.74, 6) is -0.995. The molecule has 5 aromatic rings. The third-order valence-corrected chi connectivity index (χ3v) is 6.45. The number of rotatable bonds is 10. The number of aromatic amines is 1. The van der Waals surface area contributed by atoms with Gasteiger partial charge in [0.15, 0.2) is 5.78 Å². The molecule has 38 heavy (non-hydrogen) atoms. The Kier molecular flexibility index (Phi) is 7.11. The molecular weight excluding hydrogens is 478 g/mol. The molecule has 5 rings (SSSR count). The molecule has 0 spiro atoms. The number of hydrogen-bond acceptors (Lipinski definition) is 5. The van der Waals surface area contributed by atoms with Crippen LogP contribution in [0.25, 0.3) is 22.0 Å². The number of H-pyrrole nitrogens is 1. The zero-order valence-electron chi connectivity index (χ0n) is 20.5. The highest BCUT2D eigenvalue weighted by atomic mass is 16.4. The van der Waals surface area contributed by atoms with E-state index < -0.39 is 12.0 Å². The number of nitrogens with one attached hydrogen (secondary N) is 2. The second-order valence-electron chi connectivity index (χ2n) is 9.00. The Morgan fingerprint density at radius 1 is 1.05 bits per heavy atom. The molecular formula is C30H25N5O3. The zero-order valence-corrected chi connectivity index (χ0v) is 20.5. The molecule has 0 radical (unpaired) electrons. The van der Waals surface area contributed by atoms with E-state index in [9.17, 15) is 9.59 Å². The Balaban J connectivity index is 1.37. The van der Waals surface area contributed by atoms with E-state index in [-0.39, 0.29) is 12.3 Å². The second kappa shape index (κ2) is 10.9. The quantitative estimate of drug-likeness (QED) is 0.237. The summed E-state index contributed by atoms with van der Waals surface area (Å²) in [6.07, 6.45) is 5.77. The Morgan fingerprint density at radius 3 is 2.58 bits per heavy atom. The lowest BCUT2D eigenvalue weighted by molar-refractivity contribution is -0.137. The number of benzene rings is 3. The molecule has 1 unspecified atom stereocenters. The molecule has 2 aromatic heterocycles. The fraction of sp³-hybridized carbons (Fsp3) is 0.133. The summed E-state index contributed by atoms with van der Waals surface area (Å²) < 4.78 is 1.37. The molecule has 0 saturated heterocycles. The van der Waals surface area contributed by atoms with Crippen LogP contribution in [0.3, 0.4) is 0 Å². The summed E-state index contributed by atoms with van der Waals surface area (Å²) in [6.45, 7) is 0.381. The van der Waals surface area contributed by atoms with Gasteiger partial charge >= 0.3 is 5.97 Å². The van der Waals surface area contributed by atoms with E-state index in [4.69, 9.17) is 10.4 Å². The van der Waals surface area contributed by atoms with Gasteiger partial charge in [0.1, 0.15) is 6.54 Å². The van der Waals surface area contributed by atoms with Crippen molar-refractivity contribution in [3.8, 4) is 17.2 Å². The predicted octanol–water partition coefficient (Wildman–Crippen LogP) is 4.74. The minimum atomic E-state index is -0.957. The molecule has 3 aromatic carbocycles. The minimum Gasteiger partial charge on any atom is -0.480 e. The van der Waals surface area contributed by atoms with Gasteiger partial charge in [0, 0.05) is 41.0 Å². The lowest BCUT2D eigenvalue weighted by Crippen LogP contribution is -2.30. The topological polar surface area (TPSA) is 124 Å². The van der Waals surface area contributed by atoms with Crippen molar-refractivity contribution in [3.05, 3.63) is 114 Å². The molecule has 0 saturated carbocycles. The normalized spacial score (nSPS) is 11.8. The number of aromatic nitrogens is 3. The van der Waals surface area contributed by atoms with Crippen molar-refractivity contribution >= 4 is 22.7 Å². The van der Waals surface area contributed by atoms with Gasteiger partial charge in [-0.25, -0.2) is 0 Å². The molecule has 188 valence electrons. The van der Waals surface area contributed by atoms with Crippen LogP contribution in [0.4, 0.5) is 0 Å². The number of hydrogen-bond donors (Lipinski definition) is 3. The van der Waals surface area contributed by atoms with E-state index in [1.54, 1.807) is 30.7 Å². The monoisotopic (exact) mass is 503 g/mol. The van der Waals surface area contributed by atoms with Crippen LogP contribution in [0.15, 0.2) is 91.4 Å². The van der Waals surface area contributed by atoms with Gasteiger partial charge in [0.05, 0.1) is 23.9 Å². The number of Topliss-reactive ketones (excluding diaryl/α,β-unsaturated/α-hetero) is 1. The van der Waals surface area contributed by atoms with Crippen LogP contribution in [-0.2, 0) is 17.8 Å². The molecule has 8 heteroatoms. The van der Waals surface area contributed by atoms with Gasteiger partial charge in [0.2, 0.25) is 0 Å². The van der Waals surface area contributed by atoms with Crippen LogP contribution in [-0.4, -0.2) is 38.2 Å². The Labute approximate surface area is 219 Å². The van der Waals surface area contributed by atoms with E-state index in [1.807, 2.05) is 60.7 Å². The predicted molar refractivity (Wildman–Crippen MR) is 144 cm³/mol. The van der Waals surface area contributed by atoms with Gasteiger partial charge in [-0.05, 0) is 41.3 Å². The first-order valence-electron chi connectivity index (χ1n) is 12.2. The molecule has 3 N–H and O–H groups in total. The Hall–Kier alpha value is -5.00. The lowest BCUT2D eigenvalue weighted by Gasteiger charge is -2.18. The first-order valence-corrected chi connectivity index (χ1v) is 12.2. The minimum absolute atomic E-state index is 0.0377. The van der Waals surface area contributed by atoms with Crippen LogP contribution in [0.5, 0.6) is 0 Å². The van der Waals surface area contributed by atoms with Crippen LogP contribution in [0.2, 0.25) is 0 Å². The third-order valence-electron chi connectivity index (χ3n) is 6.45. The van der Waals surface area contributed by atoms with Gasteiger partial charge in [0.25, 0.3) is 0 Å². The smallest absolute Gasteiger partial charge is 0.325 e. The molecule has 0 aliphatic rings. The Bertz CT molecular complexity index is 1630. The van der Waals surface area contributed by atoms with E-state index in [1.165, 1.54) is 4.68 Å². The first-order chi connectivity index (χ1) is 18.5. The summed E-state index contributed by atoms with van der Waals surface area (Å²) in [4.78, 5) is 28.0. The van der Waals surface area contributed by atoms with Gasteiger partial charge < -0.3 is 15.4 Å². The number of carbonyl (C=O) groups excluding carboxylic acids is 1. The second-order valence-corrected chi connectivity index (χ2v) is 9.00. The van der Waals surface area contributed by atoms with Crippen LogP contribution in [0, 0.1) is 11.3 Å². The van der Waals surface area contributed by atoms with Crippen LogP contribution < -0.4 is 5.32 Å². The van der Waals surface area contributed by atoms with Crippen molar-refractivity contribution in [2.75, 3.05) is 6.54 Å². The van der Waals surface area contributed by atoms with E-state index in [0.717, 1.165) is 39.6 Å².